The third-order valence-corrected chi connectivity index (χ3v) is 4.92. The molecule has 2 heterocycles. The number of rotatable bonds is 4. The fraction of sp³-hybridized carbons (Fsp3) is 0.688. The Hall–Kier alpha value is -2.09. The maximum absolute atomic E-state index is 12.6. The van der Waals surface area contributed by atoms with Gasteiger partial charge >= 0.3 is 6.03 Å². The van der Waals surface area contributed by atoms with Crippen molar-refractivity contribution in [2.45, 2.75) is 37.8 Å². The molecule has 0 aromatic heterocycles. The predicted molar refractivity (Wildman–Crippen MR) is 87.8 cm³/mol. The normalized spacial score (nSPS) is 20.8. The van der Waals surface area contributed by atoms with Gasteiger partial charge in [0.1, 0.15) is 12.8 Å². The molecule has 2 rings (SSSR count). The van der Waals surface area contributed by atoms with Gasteiger partial charge in [0.15, 0.2) is 0 Å². The van der Waals surface area contributed by atoms with Crippen molar-refractivity contribution in [3.63, 3.8) is 0 Å². The lowest BCUT2D eigenvalue weighted by Crippen LogP contribution is -2.55. The van der Waals surface area contributed by atoms with Crippen molar-refractivity contribution in [2.75, 3.05) is 33.4 Å². The average molecular weight is 338 g/mol. The molecule has 2 aliphatic heterocycles. The summed E-state index contributed by atoms with van der Waals surface area (Å²) < 4.78 is 5.84. The number of likely N-dealkylation sites (tertiary alicyclic amines) is 1. The Labute approximate surface area is 142 Å². The monoisotopic (exact) mass is 338 g/mol. The zero-order chi connectivity index (χ0) is 17.9. The summed E-state index contributed by atoms with van der Waals surface area (Å²) in [5, 5.41) is 0. The molecular formula is C16H26N4O4. The summed E-state index contributed by atoms with van der Waals surface area (Å²) >= 11 is 0. The van der Waals surface area contributed by atoms with Crippen LogP contribution in [0.4, 0.5) is 4.79 Å². The maximum atomic E-state index is 12.6. The molecule has 0 aromatic rings. The fourth-order valence-electron chi connectivity index (χ4n) is 3.35. The van der Waals surface area contributed by atoms with Crippen molar-refractivity contribution >= 4 is 17.8 Å². The largest absolute Gasteiger partial charge is 0.368 e. The van der Waals surface area contributed by atoms with Gasteiger partial charge in [0.05, 0.1) is 12.1 Å². The third-order valence-electron chi connectivity index (χ3n) is 4.92. The second-order valence-electron chi connectivity index (χ2n) is 6.40. The SMILES string of the molecule is C=CC(=O)N1COC2(CCN(C(=O)N(C)C(CC)C(N)=O)CC2)C1. The molecule has 2 aliphatic rings. The molecule has 8 nitrogen and oxygen atoms in total. The first-order valence-corrected chi connectivity index (χ1v) is 8.20. The van der Waals surface area contributed by atoms with Gasteiger partial charge in [-0.1, -0.05) is 13.5 Å². The topological polar surface area (TPSA) is 96.2 Å². The van der Waals surface area contributed by atoms with Gasteiger partial charge in [0, 0.05) is 20.1 Å². The number of amides is 4. The molecule has 2 saturated heterocycles. The van der Waals surface area contributed by atoms with Crippen LogP contribution >= 0.6 is 0 Å². The van der Waals surface area contributed by atoms with Crippen molar-refractivity contribution in [3.8, 4) is 0 Å². The van der Waals surface area contributed by atoms with Crippen LogP contribution in [0, 0.1) is 0 Å². The number of urea groups is 1. The van der Waals surface area contributed by atoms with Crippen LogP contribution in [0.3, 0.4) is 0 Å². The summed E-state index contributed by atoms with van der Waals surface area (Å²) in [6, 6.07) is -0.802. The average Bonchev–Trinajstić information content (AvgIpc) is 2.98. The highest BCUT2D eigenvalue weighted by Gasteiger charge is 2.44. The van der Waals surface area contributed by atoms with E-state index < -0.39 is 11.9 Å². The van der Waals surface area contributed by atoms with Crippen molar-refractivity contribution in [2.24, 2.45) is 5.73 Å². The summed E-state index contributed by atoms with van der Waals surface area (Å²) in [5.41, 5.74) is 4.96. The second-order valence-corrected chi connectivity index (χ2v) is 6.40. The lowest BCUT2D eigenvalue weighted by atomic mass is 9.91. The molecule has 24 heavy (non-hydrogen) atoms. The first kappa shape index (κ1) is 18.3. The van der Waals surface area contributed by atoms with Crippen molar-refractivity contribution < 1.29 is 19.1 Å². The van der Waals surface area contributed by atoms with Gasteiger partial charge in [-0.2, -0.15) is 0 Å². The summed E-state index contributed by atoms with van der Waals surface area (Å²) in [6.07, 6.45) is 3.07. The Morgan fingerprint density at radius 3 is 2.46 bits per heavy atom. The Kier molecular flexibility index (Phi) is 5.48. The number of nitrogens with two attached hydrogens (primary N) is 1. The molecule has 134 valence electrons. The third kappa shape index (κ3) is 3.53. The van der Waals surface area contributed by atoms with Crippen LogP contribution in [0.15, 0.2) is 12.7 Å². The number of likely N-dealkylation sites (N-methyl/N-ethyl adjacent to an activating group) is 1. The Morgan fingerprint density at radius 1 is 1.33 bits per heavy atom. The second kappa shape index (κ2) is 7.21. The molecule has 0 aliphatic carbocycles. The van der Waals surface area contributed by atoms with Crippen LogP contribution in [0.25, 0.3) is 0 Å². The first-order chi connectivity index (χ1) is 11.3. The molecule has 2 fully saturated rings. The zero-order valence-corrected chi connectivity index (χ0v) is 14.4. The van der Waals surface area contributed by atoms with Crippen molar-refractivity contribution in [1.82, 2.24) is 14.7 Å². The molecule has 1 atom stereocenters. The fourth-order valence-corrected chi connectivity index (χ4v) is 3.35. The van der Waals surface area contributed by atoms with Crippen molar-refractivity contribution in [3.05, 3.63) is 12.7 Å². The van der Waals surface area contributed by atoms with Crippen molar-refractivity contribution in [1.29, 1.82) is 0 Å². The van der Waals surface area contributed by atoms with Gasteiger partial charge in [0.2, 0.25) is 11.8 Å². The number of ether oxygens (including phenoxy) is 1. The van der Waals surface area contributed by atoms with Gasteiger partial charge < -0.3 is 25.2 Å². The van der Waals surface area contributed by atoms with E-state index in [1.54, 1.807) is 16.8 Å². The van der Waals surface area contributed by atoms with Crippen LogP contribution in [0.1, 0.15) is 26.2 Å². The minimum absolute atomic E-state index is 0.141. The minimum Gasteiger partial charge on any atom is -0.368 e. The Balaban J connectivity index is 1.93. The number of piperidine rings is 1. The van der Waals surface area contributed by atoms with E-state index in [1.807, 2.05) is 6.92 Å². The van der Waals surface area contributed by atoms with E-state index in [2.05, 4.69) is 6.58 Å². The molecule has 2 N–H and O–H groups in total. The van der Waals surface area contributed by atoms with Gasteiger partial charge in [-0.15, -0.1) is 0 Å². The standard InChI is InChI=1S/C16H26N4O4/c1-4-12(14(17)22)18(3)15(23)19-8-6-16(7-9-19)10-20(11-24-16)13(21)5-2/h5,12H,2,4,6-11H2,1,3H3,(H2,17,22). The highest BCUT2D eigenvalue weighted by Crippen LogP contribution is 2.32. The molecule has 8 heteroatoms. The number of carbonyl (C=O) groups is 3. The van der Waals surface area contributed by atoms with E-state index in [1.165, 1.54) is 11.0 Å². The minimum atomic E-state index is -0.600. The van der Waals surface area contributed by atoms with Gasteiger partial charge in [0.25, 0.3) is 0 Å². The number of primary amides is 1. The van der Waals surface area contributed by atoms with Gasteiger partial charge in [-0.05, 0) is 25.3 Å². The van der Waals surface area contributed by atoms with Crippen LogP contribution in [-0.4, -0.2) is 77.6 Å². The van der Waals surface area contributed by atoms with E-state index in [-0.39, 0.29) is 24.3 Å². The smallest absolute Gasteiger partial charge is 0.320 e. The number of nitrogens with zero attached hydrogens (tertiary/aromatic N) is 3. The van der Waals surface area contributed by atoms with E-state index in [0.29, 0.717) is 38.9 Å². The van der Waals surface area contributed by atoms with Gasteiger partial charge in [-0.25, -0.2) is 4.79 Å². The molecule has 1 unspecified atom stereocenters. The number of hydrogen-bond acceptors (Lipinski definition) is 4. The predicted octanol–water partition coefficient (Wildman–Crippen LogP) is 0.139. The van der Waals surface area contributed by atoms with Crippen LogP contribution in [0.5, 0.6) is 0 Å². The van der Waals surface area contributed by atoms with Gasteiger partial charge in [-0.3, -0.25) is 9.59 Å². The summed E-state index contributed by atoms with van der Waals surface area (Å²) in [7, 11) is 1.60. The van der Waals surface area contributed by atoms with E-state index in [9.17, 15) is 14.4 Å². The molecule has 0 aromatic carbocycles. The Bertz CT molecular complexity index is 528. The molecular weight excluding hydrogens is 312 g/mol. The van der Waals surface area contributed by atoms with Crippen LogP contribution in [-0.2, 0) is 14.3 Å². The highest BCUT2D eigenvalue weighted by atomic mass is 16.5. The quantitative estimate of drug-likeness (QED) is 0.738. The molecule has 0 bridgehead atoms. The lowest BCUT2D eigenvalue weighted by molar-refractivity contribution is -0.126. The molecule has 0 saturated carbocycles. The van der Waals surface area contributed by atoms with E-state index in [4.69, 9.17) is 10.5 Å². The molecule has 4 amide bonds. The number of carbonyl (C=O) groups excluding carboxylic acids is 3. The lowest BCUT2D eigenvalue weighted by Gasteiger charge is -2.40. The Morgan fingerprint density at radius 2 is 1.96 bits per heavy atom. The summed E-state index contributed by atoms with van der Waals surface area (Å²) in [6.45, 7) is 7.14. The first-order valence-electron chi connectivity index (χ1n) is 8.20. The summed E-state index contributed by atoms with van der Waals surface area (Å²) in [5.74, 6) is -0.642. The number of hydrogen-bond donors (Lipinski definition) is 1. The highest BCUT2D eigenvalue weighted by molar-refractivity contribution is 5.87. The maximum Gasteiger partial charge on any atom is 0.320 e. The molecule has 0 radical (unpaired) electrons. The molecule has 1 spiro atoms. The van der Waals surface area contributed by atoms with Crippen LogP contribution in [0.2, 0.25) is 0 Å². The van der Waals surface area contributed by atoms with Crippen LogP contribution < -0.4 is 5.73 Å². The summed E-state index contributed by atoms with van der Waals surface area (Å²) in [4.78, 5) is 40.4. The van der Waals surface area contributed by atoms with E-state index >= 15 is 0 Å². The zero-order valence-electron chi connectivity index (χ0n) is 14.4. The van der Waals surface area contributed by atoms with E-state index in [0.717, 1.165) is 0 Å².